The summed E-state index contributed by atoms with van der Waals surface area (Å²) in [5, 5.41) is 8.86. The second-order valence-corrected chi connectivity index (χ2v) is 4.95. The molecule has 0 heterocycles. The number of benzene rings is 2. The lowest BCUT2D eigenvalue weighted by Gasteiger charge is -2.20. The molecule has 128 valence electrons. The Hall–Kier alpha value is -2.51. The van der Waals surface area contributed by atoms with Gasteiger partial charge < -0.3 is 5.11 Å². The molecule has 0 unspecified atom stereocenters. The average Bonchev–Trinajstić information content (AvgIpc) is 2.44. The van der Waals surface area contributed by atoms with Gasteiger partial charge in [0, 0.05) is 0 Å². The van der Waals surface area contributed by atoms with Crippen molar-refractivity contribution >= 4 is 5.97 Å². The highest BCUT2D eigenvalue weighted by Crippen LogP contribution is 2.44. The zero-order valence-electron chi connectivity index (χ0n) is 11.9. The van der Waals surface area contributed by atoms with E-state index in [0.717, 1.165) is 24.3 Å². The summed E-state index contributed by atoms with van der Waals surface area (Å²) >= 11 is 0. The van der Waals surface area contributed by atoms with Gasteiger partial charge in [0.05, 0.1) is 17.5 Å². The lowest BCUT2D eigenvalue weighted by atomic mass is 9.89. The summed E-state index contributed by atoms with van der Waals surface area (Å²) in [6.07, 6.45) is -10.6. The molecule has 2 nitrogen and oxygen atoms in total. The van der Waals surface area contributed by atoms with Gasteiger partial charge in [-0.15, -0.1) is 0 Å². The van der Waals surface area contributed by atoms with Crippen molar-refractivity contribution in [3.8, 4) is 11.1 Å². The monoisotopic (exact) mass is 348 g/mol. The van der Waals surface area contributed by atoms with Gasteiger partial charge in [0.15, 0.2) is 0 Å². The first kappa shape index (κ1) is 17.8. The molecule has 0 fully saturated rings. The maximum atomic E-state index is 13.3. The van der Waals surface area contributed by atoms with Gasteiger partial charge in [-0.05, 0) is 28.8 Å². The highest BCUT2D eigenvalue weighted by atomic mass is 19.4. The van der Waals surface area contributed by atoms with E-state index in [1.165, 1.54) is 6.07 Å². The smallest absolute Gasteiger partial charge is 0.417 e. The normalized spacial score (nSPS) is 12.2. The molecule has 0 amide bonds. The third-order valence-corrected chi connectivity index (χ3v) is 3.30. The number of carbonyl (C=O) groups is 1. The fourth-order valence-electron chi connectivity index (χ4n) is 2.41. The number of alkyl halides is 6. The van der Waals surface area contributed by atoms with Crippen LogP contribution in [0.15, 0.2) is 42.5 Å². The minimum atomic E-state index is -4.93. The maximum Gasteiger partial charge on any atom is 0.417 e. The molecule has 0 bridgehead atoms. The van der Waals surface area contributed by atoms with Crippen LogP contribution < -0.4 is 0 Å². The summed E-state index contributed by atoms with van der Waals surface area (Å²) in [6, 6.07) is 6.47. The average molecular weight is 348 g/mol. The lowest BCUT2D eigenvalue weighted by Crippen LogP contribution is -2.14. The minimum absolute atomic E-state index is 0.339. The molecular formula is C16H10F6O2. The third-order valence-electron chi connectivity index (χ3n) is 3.30. The molecule has 0 aliphatic carbocycles. The van der Waals surface area contributed by atoms with Crippen molar-refractivity contribution in [3.05, 3.63) is 59.2 Å². The zero-order valence-corrected chi connectivity index (χ0v) is 11.9. The van der Waals surface area contributed by atoms with Gasteiger partial charge in [-0.25, -0.2) is 0 Å². The summed E-state index contributed by atoms with van der Waals surface area (Å²) in [7, 11) is 0. The first-order valence-electron chi connectivity index (χ1n) is 6.59. The van der Waals surface area contributed by atoms with Crippen LogP contribution in [0.2, 0.25) is 0 Å². The summed E-state index contributed by atoms with van der Waals surface area (Å²) in [4.78, 5) is 10.9. The van der Waals surface area contributed by atoms with Gasteiger partial charge in [-0.2, -0.15) is 26.3 Å². The lowest BCUT2D eigenvalue weighted by molar-refractivity contribution is -0.139. The van der Waals surface area contributed by atoms with Crippen LogP contribution >= 0.6 is 0 Å². The number of halogens is 6. The van der Waals surface area contributed by atoms with Gasteiger partial charge in [0.1, 0.15) is 0 Å². The van der Waals surface area contributed by atoms with Crippen LogP contribution in [0.5, 0.6) is 0 Å². The van der Waals surface area contributed by atoms with E-state index in [4.69, 9.17) is 5.11 Å². The molecule has 2 aromatic rings. The predicted molar refractivity (Wildman–Crippen MR) is 73.2 cm³/mol. The molecule has 0 atom stereocenters. The second-order valence-electron chi connectivity index (χ2n) is 4.95. The van der Waals surface area contributed by atoms with Crippen LogP contribution in [0.4, 0.5) is 26.3 Å². The van der Waals surface area contributed by atoms with Gasteiger partial charge in [0.2, 0.25) is 0 Å². The molecule has 2 rings (SSSR count). The largest absolute Gasteiger partial charge is 0.481 e. The van der Waals surface area contributed by atoms with Crippen molar-refractivity contribution < 1.29 is 36.2 Å². The molecule has 0 saturated carbocycles. The third kappa shape index (κ3) is 3.69. The molecule has 0 saturated heterocycles. The molecule has 24 heavy (non-hydrogen) atoms. The summed E-state index contributed by atoms with van der Waals surface area (Å²) in [5.74, 6) is -1.44. The Morgan fingerprint density at radius 2 is 1.38 bits per heavy atom. The van der Waals surface area contributed by atoms with E-state index in [0.29, 0.717) is 12.1 Å². The van der Waals surface area contributed by atoms with E-state index in [9.17, 15) is 31.1 Å². The van der Waals surface area contributed by atoms with E-state index >= 15 is 0 Å². The first-order chi connectivity index (χ1) is 11.0. The summed E-state index contributed by atoms with van der Waals surface area (Å²) < 4.78 is 79.2. The molecule has 0 radical (unpaired) electrons. The van der Waals surface area contributed by atoms with E-state index in [-0.39, 0.29) is 5.56 Å². The number of carboxylic acids is 1. The molecule has 0 aliphatic heterocycles. The summed E-state index contributed by atoms with van der Waals surface area (Å²) in [6.45, 7) is 0. The van der Waals surface area contributed by atoms with Crippen LogP contribution in [-0.4, -0.2) is 11.1 Å². The Kier molecular flexibility index (Phi) is 4.59. The molecule has 0 aliphatic rings. The van der Waals surface area contributed by atoms with Crippen LogP contribution in [0.3, 0.4) is 0 Å². The zero-order chi connectivity index (χ0) is 18.1. The first-order valence-corrected chi connectivity index (χ1v) is 6.59. The molecule has 2 aromatic carbocycles. The van der Waals surface area contributed by atoms with Crippen molar-refractivity contribution in [2.24, 2.45) is 0 Å². The predicted octanol–water partition coefficient (Wildman–Crippen LogP) is 5.02. The van der Waals surface area contributed by atoms with Crippen LogP contribution in [0.1, 0.15) is 16.7 Å². The maximum absolute atomic E-state index is 13.3. The van der Waals surface area contributed by atoms with Crippen LogP contribution in [0, 0.1) is 0 Å². The van der Waals surface area contributed by atoms with Gasteiger partial charge >= 0.3 is 18.3 Å². The van der Waals surface area contributed by atoms with Crippen molar-refractivity contribution in [2.45, 2.75) is 18.8 Å². The SMILES string of the molecule is O=C(O)Cc1cccc(C(F)(F)F)c1-c1ccccc1C(F)(F)F. The fraction of sp³-hybridized carbons (Fsp3) is 0.188. The van der Waals surface area contributed by atoms with Gasteiger partial charge in [0.25, 0.3) is 0 Å². The van der Waals surface area contributed by atoms with Crippen molar-refractivity contribution in [1.82, 2.24) is 0 Å². The van der Waals surface area contributed by atoms with Crippen LogP contribution in [0.25, 0.3) is 11.1 Å². The van der Waals surface area contributed by atoms with E-state index in [2.05, 4.69) is 0 Å². The topological polar surface area (TPSA) is 37.3 Å². The van der Waals surface area contributed by atoms with Gasteiger partial charge in [-0.1, -0.05) is 30.3 Å². The Morgan fingerprint density at radius 3 is 1.92 bits per heavy atom. The number of aliphatic carboxylic acids is 1. The van der Waals surface area contributed by atoms with Crippen molar-refractivity contribution in [2.75, 3.05) is 0 Å². The van der Waals surface area contributed by atoms with Crippen molar-refractivity contribution in [1.29, 1.82) is 0 Å². The van der Waals surface area contributed by atoms with E-state index in [1.807, 2.05) is 0 Å². The Labute approximate surface area is 132 Å². The van der Waals surface area contributed by atoms with Crippen molar-refractivity contribution in [3.63, 3.8) is 0 Å². The molecule has 0 spiro atoms. The Balaban J connectivity index is 2.85. The van der Waals surface area contributed by atoms with E-state index in [1.54, 1.807) is 0 Å². The Bertz CT molecular complexity index is 762. The van der Waals surface area contributed by atoms with E-state index < -0.39 is 47.0 Å². The summed E-state index contributed by atoms with van der Waals surface area (Å²) in [5.41, 5.74) is -4.37. The number of hydrogen-bond acceptors (Lipinski definition) is 1. The Morgan fingerprint density at radius 1 is 0.833 bits per heavy atom. The number of hydrogen-bond donors (Lipinski definition) is 1. The molecule has 1 N–H and O–H groups in total. The number of rotatable bonds is 3. The quantitative estimate of drug-likeness (QED) is 0.791. The standard InChI is InChI=1S/C16H10F6O2/c17-15(18,19)11-6-2-1-5-10(11)14-9(8-13(23)24)4-3-7-12(14)16(20,21)22/h1-7H,8H2,(H,23,24). The van der Waals surface area contributed by atoms with Crippen LogP contribution in [-0.2, 0) is 23.6 Å². The molecular weight excluding hydrogens is 338 g/mol. The highest BCUT2D eigenvalue weighted by Gasteiger charge is 2.39. The minimum Gasteiger partial charge on any atom is -0.481 e. The molecule has 0 aromatic heterocycles. The molecule has 8 heteroatoms. The fourth-order valence-corrected chi connectivity index (χ4v) is 2.41. The second kappa shape index (κ2) is 6.18. The highest BCUT2D eigenvalue weighted by molar-refractivity contribution is 5.80. The van der Waals surface area contributed by atoms with Gasteiger partial charge in [-0.3, -0.25) is 4.79 Å². The number of carboxylic acid groups (broad SMARTS) is 1.